The smallest absolute Gasteiger partial charge is 0.475 e. The SMILES string of the molecule is O=C(N1CCCC1)N1Cc2ccnn2CC(CCNc2ncccn2)C1.O=C(O)C(F)(F)F. The third-order valence-electron chi connectivity index (χ3n) is 5.36. The molecule has 1 unspecified atom stereocenters. The molecule has 2 aliphatic heterocycles. The summed E-state index contributed by atoms with van der Waals surface area (Å²) in [5, 5.41) is 14.8. The first kappa shape index (κ1) is 24.3. The molecule has 4 heterocycles. The summed E-state index contributed by atoms with van der Waals surface area (Å²) < 4.78 is 33.8. The lowest BCUT2D eigenvalue weighted by Crippen LogP contribution is -2.43. The van der Waals surface area contributed by atoms with Crippen molar-refractivity contribution in [2.75, 3.05) is 31.5 Å². The summed E-state index contributed by atoms with van der Waals surface area (Å²) in [6.07, 6.45) is 3.36. The molecule has 2 N–H and O–H groups in total. The minimum atomic E-state index is -5.08. The Morgan fingerprint density at radius 1 is 1.09 bits per heavy atom. The highest BCUT2D eigenvalue weighted by Gasteiger charge is 2.38. The van der Waals surface area contributed by atoms with Gasteiger partial charge in [-0.3, -0.25) is 4.68 Å². The number of aliphatic carboxylic acids is 1. The van der Waals surface area contributed by atoms with Crippen LogP contribution in [-0.2, 0) is 17.9 Å². The molecule has 10 nitrogen and oxygen atoms in total. The molecule has 0 saturated carbocycles. The van der Waals surface area contributed by atoms with Gasteiger partial charge in [-0.05, 0) is 37.3 Å². The number of nitrogens with zero attached hydrogens (tertiary/aromatic N) is 6. The number of halogens is 3. The maximum Gasteiger partial charge on any atom is 0.490 e. The fourth-order valence-corrected chi connectivity index (χ4v) is 3.75. The molecular weight excluding hydrogens is 443 g/mol. The van der Waals surface area contributed by atoms with Crippen molar-refractivity contribution in [2.45, 2.75) is 38.5 Å². The Morgan fingerprint density at radius 2 is 1.76 bits per heavy atom. The number of amides is 2. The Hall–Kier alpha value is -3.38. The zero-order valence-corrected chi connectivity index (χ0v) is 17.9. The molecule has 0 bridgehead atoms. The second kappa shape index (κ2) is 11.0. The molecule has 0 aromatic carbocycles. The van der Waals surface area contributed by atoms with Crippen LogP contribution in [0.5, 0.6) is 0 Å². The van der Waals surface area contributed by atoms with Crippen LogP contribution in [0, 0.1) is 5.92 Å². The lowest BCUT2D eigenvalue weighted by atomic mass is 10.1. The van der Waals surface area contributed by atoms with Crippen molar-refractivity contribution in [2.24, 2.45) is 5.92 Å². The Morgan fingerprint density at radius 3 is 2.39 bits per heavy atom. The van der Waals surface area contributed by atoms with Gasteiger partial charge in [-0.1, -0.05) is 0 Å². The largest absolute Gasteiger partial charge is 0.490 e. The highest BCUT2D eigenvalue weighted by Crippen LogP contribution is 2.21. The molecule has 2 aliphatic rings. The van der Waals surface area contributed by atoms with Gasteiger partial charge in [-0.2, -0.15) is 18.3 Å². The van der Waals surface area contributed by atoms with E-state index in [9.17, 15) is 18.0 Å². The number of carboxylic acids is 1. The minimum absolute atomic E-state index is 0.168. The van der Waals surface area contributed by atoms with Gasteiger partial charge in [0.05, 0.1) is 12.2 Å². The summed E-state index contributed by atoms with van der Waals surface area (Å²) in [7, 11) is 0. The van der Waals surface area contributed by atoms with Crippen molar-refractivity contribution < 1.29 is 27.9 Å². The molecule has 13 heteroatoms. The van der Waals surface area contributed by atoms with E-state index in [4.69, 9.17) is 9.90 Å². The number of fused-ring (bicyclic) bond motifs is 1. The van der Waals surface area contributed by atoms with Gasteiger partial charge in [0.25, 0.3) is 0 Å². The van der Waals surface area contributed by atoms with E-state index in [1.54, 1.807) is 18.5 Å². The number of hydrogen-bond acceptors (Lipinski definition) is 6. The van der Waals surface area contributed by atoms with Crippen LogP contribution in [0.15, 0.2) is 30.7 Å². The van der Waals surface area contributed by atoms with E-state index in [2.05, 4.69) is 20.4 Å². The van der Waals surface area contributed by atoms with Crippen LogP contribution in [0.2, 0.25) is 0 Å². The van der Waals surface area contributed by atoms with Crippen molar-refractivity contribution in [3.05, 3.63) is 36.4 Å². The predicted octanol–water partition coefficient (Wildman–Crippen LogP) is 2.46. The summed E-state index contributed by atoms with van der Waals surface area (Å²) in [6.45, 7) is 4.77. The van der Waals surface area contributed by atoms with E-state index < -0.39 is 12.1 Å². The highest BCUT2D eigenvalue weighted by atomic mass is 19.4. The van der Waals surface area contributed by atoms with Crippen LogP contribution in [0.1, 0.15) is 25.0 Å². The van der Waals surface area contributed by atoms with E-state index >= 15 is 0 Å². The number of aromatic nitrogens is 4. The van der Waals surface area contributed by atoms with Crippen molar-refractivity contribution >= 4 is 17.9 Å². The highest BCUT2D eigenvalue weighted by molar-refractivity contribution is 5.74. The van der Waals surface area contributed by atoms with Crippen molar-refractivity contribution in [3.8, 4) is 0 Å². The summed E-state index contributed by atoms with van der Waals surface area (Å²) >= 11 is 0. The van der Waals surface area contributed by atoms with E-state index in [1.807, 2.05) is 26.7 Å². The van der Waals surface area contributed by atoms with Gasteiger partial charge in [0.1, 0.15) is 0 Å². The molecule has 1 fully saturated rings. The van der Waals surface area contributed by atoms with Crippen molar-refractivity contribution in [1.82, 2.24) is 29.5 Å². The molecular formula is C20H26F3N7O3. The quantitative estimate of drug-likeness (QED) is 0.707. The zero-order chi connectivity index (χ0) is 23.8. The number of likely N-dealkylation sites (tertiary alicyclic amines) is 1. The first-order valence-electron chi connectivity index (χ1n) is 10.6. The van der Waals surface area contributed by atoms with Gasteiger partial charge >= 0.3 is 18.2 Å². The number of carboxylic acid groups (broad SMARTS) is 1. The maximum absolute atomic E-state index is 12.9. The zero-order valence-electron chi connectivity index (χ0n) is 17.9. The number of anilines is 1. The normalized spacial score (nSPS) is 18.1. The number of nitrogens with one attached hydrogen (secondary N) is 1. The number of carbonyl (C=O) groups excluding carboxylic acids is 1. The van der Waals surface area contributed by atoms with E-state index in [0.29, 0.717) is 18.4 Å². The van der Waals surface area contributed by atoms with Crippen molar-refractivity contribution in [3.63, 3.8) is 0 Å². The molecule has 4 rings (SSSR count). The number of carbonyl (C=O) groups is 2. The fraction of sp³-hybridized carbons (Fsp3) is 0.550. The summed E-state index contributed by atoms with van der Waals surface area (Å²) in [5.74, 6) is -1.77. The van der Waals surface area contributed by atoms with Crippen LogP contribution in [0.3, 0.4) is 0 Å². The van der Waals surface area contributed by atoms with Gasteiger partial charge in [0, 0.05) is 51.3 Å². The molecule has 180 valence electrons. The van der Waals surface area contributed by atoms with Crippen LogP contribution < -0.4 is 5.32 Å². The van der Waals surface area contributed by atoms with E-state index in [0.717, 1.165) is 57.7 Å². The van der Waals surface area contributed by atoms with Gasteiger partial charge in [-0.25, -0.2) is 19.6 Å². The van der Waals surface area contributed by atoms with Crippen LogP contribution in [0.25, 0.3) is 0 Å². The second-order valence-electron chi connectivity index (χ2n) is 7.82. The molecule has 0 aliphatic carbocycles. The average molecular weight is 469 g/mol. The van der Waals surface area contributed by atoms with E-state index in [1.165, 1.54) is 0 Å². The Kier molecular flexibility index (Phi) is 8.06. The van der Waals surface area contributed by atoms with Crippen LogP contribution >= 0.6 is 0 Å². The van der Waals surface area contributed by atoms with Gasteiger partial charge < -0.3 is 20.2 Å². The molecule has 2 aromatic rings. The minimum Gasteiger partial charge on any atom is -0.475 e. The summed E-state index contributed by atoms with van der Waals surface area (Å²) in [5.41, 5.74) is 1.11. The first-order chi connectivity index (χ1) is 15.7. The second-order valence-corrected chi connectivity index (χ2v) is 7.82. The number of urea groups is 1. The summed E-state index contributed by atoms with van der Waals surface area (Å²) in [6, 6.07) is 3.99. The standard InChI is InChI=1S/C18H25N7O.C2HF3O2/c26-18(23-10-1-2-11-23)24-12-15(13-25-16(14-24)5-9-22-25)4-8-21-17-19-6-3-7-20-17;3-2(4,5)1(6)7/h3,5-7,9,15H,1-2,4,8,10-14H2,(H,19,20,21);(H,6,7). The number of hydrogen-bond donors (Lipinski definition) is 2. The molecule has 1 saturated heterocycles. The Bertz CT molecular complexity index is 917. The first-order valence-corrected chi connectivity index (χ1v) is 10.6. The van der Waals surface area contributed by atoms with Gasteiger partial charge in [0.15, 0.2) is 0 Å². The molecule has 33 heavy (non-hydrogen) atoms. The van der Waals surface area contributed by atoms with Crippen LogP contribution in [0.4, 0.5) is 23.9 Å². The topological polar surface area (TPSA) is 116 Å². The maximum atomic E-state index is 12.9. The third kappa shape index (κ3) is 7.05. The average Bonchev–Trinajstić information content (AvgIpc) is 3.43. The molecule has 1 atom stereocenters. The van der Waals surface area contributed by atoms with Gasteiger partial charge in [0.2, 0.25) is 5.95 Å². The monoisotopic (exact) mass is 469 g/mol. The lowest BCUT2D eigenvalue weighted by molar-refractivity contribution is -0.192. The Balaban J connectivity index is 0.000000383. The lowest BCUT2D eigenvalue weighted by Gasteiger charge is -2.28. The third-order valence-corrected chi connectivity index (χ3v) is 5.36. The molecule has 0 spiro atoms. The van der Waals surface area contributed by atoms with Crippen LogP contribution in [-0.4, -0.2) is 79.0 Å². The van der Waals surface area contributed by atoms with E-state index in [-0.39, 0.29) is 6.03 Å². The fourth-order valence-electron chi connectivity index (χ4n) is 3.75. The molecule has 2 aromatic heterocycles. The predicted molar refractivity (Wildman–Crippen MR) is 111 cm³/mol. The van der Waals surface area contributed by atoms with Crippen molar-refractivity contribution in [1.29, 1.82) is 0 Å². The Labute approximate surface area is 188 Å². The number of alkyl halides is 3. The number of rotatable bonds is 4. The van der Waals surface area contributed by atoms with Gasteiger partial charge in [-0.15, -0.1) is 0 Å². The molecule has 0 radical (unpaired) electrons. The molecule has 2 amide bonds. The summed E-state index contributed by atoms with van der Waals surface area (Å²) in [4.78, 5) is 34.2.